The SMILES string of the molecule is CCCC(N)C(=O)NCc1ccc(Br)cc1N1CCOCC1. The average molecular weight is 370 g/mol. The van der Waals surface area contributed by atoms with Gasteiger partial charge >= 0.3 is 0 Å². The van der Waals surface area contributed by atoms with Crippen molar-refractivity contribution in [3.63, 3.8) is 0 Å². The first-order valence-electron chi connectivity index (χ1n) is 7.76. The molecule has 1 unspecified atom stereocenters. The molecule has 0 radical (unpaired) electrons. The Morgan fingerprint density at radius 1 is 1.45 bits per heavy atom. The Balaban J connectivity index is 2.05. The zero-order valence-electron chi connectivity index (χ0n) is 13.0. The first kappa shape index (κ1) is 17.2. The Hall–Kier alpha value is -1.11. The molecule has 1 fully saturated rings. The molecule has 1 atom stereocenters. The molecule has 0 aromatic heterocycles. The summed E-state index contributed by atoms with van der Waals surface area (Å²) >= 11 is 3.52. The molecule has 0 aliphatic carbocycles. The van der Waals surface area contributed by atoms with Crippen molar-refractivity contribution >= 4 is 27.5 Å². The highest BCUT2D eigenvalue weighted by molar-refractivity contribution is 9.10. The van der Waals surface area contributed by atoms with Gasteiger partial charge in [-0.15, -0.1) is 0 Å². The molecule has 3 N–H and O–H groups in total. The van der Waals surface area contributed by atoms with E-state index in [2.05, 4.69) is 32.2 Å². The van der Waals surface area contributed by atoms with E-state index in [1.54, 1.807) is 0 Å². The molecule has 1 aromatic carbocycles. The second-order valence-corrected chi connectivity index (χ2v) is 6.40. The predicted octanol–water partition coefficient (Wildman–Crippen LogP) is 2.03. The van der Waals surface area contributed by atoms with Gasteiger partial charge in [0.1, 0.15) is 0 Å². The van der Waals surface area contributed by atoms with Crippen molar-refractivity contribution < 1.29 is 9.53 Å². The van der Waals surface area contributed by atoms with E-state index in [9.17, 15) is 4.79 Å². The maximum absolute atomic E-state index is 12.0. The minimum absolute atomic E-state index is 0.0855. The molecule has 22 heavy (non-hydrogen) atoms. The van der Waals surface area contributed by atoms with E-state index in [-0.39, 0.29) is 5.91 Å². The van der Waals surface area contributed by atoms with Gasteiger partial charge in [-0.05, 0) is 24.1 Å². The molecule has 1 aromatic rings. The maximum atomic E-state index is 12.0. The van der Waals surface area contributed by atoms with Gasteiger partial charge in [0.25, 0.3) is 0 Å². The zero-order chi connectivity index (χ0) is 15.9. The standard InChI is InChI=1S/C16H24BrN3O2/c1-2-3-14(18)16(21)19-11-12-4-5-13(17)10-15(12)20-6-8-22-9-7-20/h4-5,10,14H,2-3,6-9,11,18H2,1H3,(H,19,21). The minimum atomic E-state index is -0.424. The monoisotopic (exact) mass is 369 g/mol. The van der Waals surface area contributed by atoms with Crippen molar-refractivity contribution in [2.75, 3.05) is 31.2 Å². The van der Waals surface area contributed by atoms with E-state index in [0.29, 0.717) is 13.0 Å². The number of hydrogen-bond donors (Lipinski definition) is 2. The lowest BCUT2D eigenvalue weighted by Crippen LogP contribution is -2.41. The number of carbonyl (C=O) groups excluding carboxylic acids is 1. The van der Waals surface area contributed by atoms with Crippen LogP contribution in [0.1, 0.15) is 25.3 Å². The van der Waals surface area contributed by atoms with E-state index in [0.717, 1.165) is 48.4 Å². The summed E-state index contributed by atoms with van der Waals surface area (Å²) in [6, 6.07) is 5.71. The number of halogens is 1. The van der Waals surface area contributed by atoms with Gasteiger partial charge in [-0.3, -0.25) is 4.79 Å². The first-order valence-corrected chi connectivity index (χ1v) is 8.55. The number of morpholine rings is 1. The van der Waals surface area contributed by atoms with E-state index in [4.69, 9.17) is 10.5 Å². The summed E-state index contributed by atoms with van der Waals surface area (Å²) in [4.78, 5) is 14.3. The van der Waals surface area contributed by atoms with Crippen LogP contribution in [-0.4, -0.2) is 38.3 Å². The molecular formula is C16H24BrN3O2. The second-order valence-electron chi connectivity index (χ2n) is 5.49. The molecule has 1 heterocycles. The Bertz CT molecular complexity index is 504. The number of carbonyl (C=O) groups is 1. The third-order valence-electron chi connectivity index (χ3n) is 3.79. The van der Waals surface area contributed by atoms with Crippen LogP contribution in [0.2, 0.25) is 0 Å². The van der Waals surface area contributed by atoms with Gasteiger partial charge in [-0.25, -0.2) is 0 Å². The third kappa shape index (κ3) is 4.69. The number of amides is 1. The Morgan fingerprint density at radius 2 is 2.18 bits per heavy atom. The highest BCUT2D eigenvalue weighted by Gasteiger charge is 2.17. The van der Waals surface area contributed by atoms with Crippen molar-refractivity contribution in [3.05, 3.63) is 28.2 Å². The van der Waals surface area contributed by atoms with Crippen LogP contribution >= 0.6 is 15.9 Å². The molecule has 5 nitrogen and oxygen atoms in total. The van der Waals surface area contributed by atoms with Crippen LogP contribution in [0.15, 0.2) is 22.7 Å². The van der Waals surface area contributed by atoms with Crippen LogP contribution in [0.5, 0.6) is 0 Å². The number of ether oxygens (including phenoxy) is 1. The van der Waals surface area contributed by atoms with E-state index >= 15 is 0 Å². The fourth-order valence-corrected chi connectivity index (χ4v) is 2.89. The fraction of sp³-hybridized carbons (Fsp3) is 0.562. The Labute approximate surface area is 140 Å². The van der Waals surface area contributed by atoms with Crippen LogP contribution in [0.3, 0.4) is 0 Å². The molecule has 0 spiro atoms. The van der Waals surface area contributed by atoms with Gasteiger partial charge in [-0.2, -0.15) is 0 Å². The normalized spacial score (nSPS) is 16.4. The maximum Gasteiger partial charge on any atom is 0.237 e. The van der Waals surface area contributed by atoms with Gasteiger partial charge in [-0.1, -0.05) is 35.3 Å². The van der Waals surface area contributed by atoms with E-state index in [1.807, 2.05) is 19.1 Å². The molecule has 0 bridgehead atoms. The summed E-state index contributed by atoms with van der Waals surface area (Å²) in [6.45, 7) is 5.73. The van der Waals surface area contributed by atoms with Crippen LogP contribution in [-0.2, 0) is 16.1 Å². The molecule has 1 aliphatic rings. The zero-order valence-corrected chi connectivity index (χ0v) is 14.6. The molecule has 2 rings (SSSR count). The highest BCUT2D eigenvalue weighted by Crippen LogP contribution is 2.26. The van der Waals surface area contributed by atoms with Crippen molar-refractivity contribution in [3.8, 4) is 0 Å². The Morgan fingerprint density at radius 3 is 2.86 bits per heavy atom. The summed E-state index contributed by atoms with van der Waals surface area (Å²) in [5.74, 6) is -0.0855. The van der Waals surface area contributed by atoms with Crippen molar-refractivity contribution in [1.82, 2.24) is 5.32 Å². The number of nitrogens with one attached hydrogen (secondary N) is 1. The molecule has 6 heteroatoms. The minimum Gasteiger partial charge on any atom is -0.378 e. The quantitative estimate of drug-likeness (QED) is 0.804. The van der Waals surface area contributed by atoms with E-state index < -0.39 is 6.04 Å². The van der Waals surface area contributed by atoms with Crippen LogP contribution in [0.4, 0.5) is 5.69 Å². The molecule has 0 saturated carbocycles. The summed E-state index contributed by atoms with van der Waals surface area (Å²) in [6.07, 6.45) is 1.62. The molecule has 122 valence electrons. The smallest absolute Gasteiger partial charge is 0.237 e. The third-order valence-corrected chi connectivity index (χ3v) is 4.28. The number of rotatable bonds is 6. The Kier molecular flexibility index (Phi) is 6.67. The topological polar surface area (TPSA) is 67.6 Å². The summed E-state index contributed by atoms with van der Waals surface area (Å²) in [7, 11) is 0. The number of nitrogens with two attached hydrogens (primary N) is 1. The number of benzene rings is 1. The highest BCUT2D eigenvalue weighted by atomic mass is 79.9. The average Bonchev–Trinajstić information content (AvgIpc) is 2.54. The molecule has 1 aliphatic heterocycles. The van der Waals surface area contributed by atoms with Crippen molar-refractivity contribution in [1.29, 1.82) is 0 Å². The number of anilines is 1. The number of nitrogens with zero attached hydrogens (tertiary/aromatic N) is 1. The molecule has 1 amide bonds. The largest absolute Gasteiger partial charge is 0.378 e. The van der Waals surface area contributed by atoms with E-state index in [1.165, 1.54) is 0 Å². The predicted molar refractivity (Wildman–Crippen MR) is 91.9 cm³/mol. The van der Waals surface area contributed by atoms with Crippen LogP contribution < -0.4 is 16.0 Å². The van der Waals surface area contributed by atoms with Crippen LogP contribution in [0.25, 0.3) is 0 Å². The van der Waals surface area contributed by atoms with Gasteiger partial charge in [0, 0.05) is 29.8 Å². The lowest BCUT2D eigenvalue weighted by molar-refractivity contribution is -0.122. The molecule has 1 saturated heterocycles. The molecular weight excluding hydrogens is 346 g/mol. The van der Waals surface area contributed by atoms with Crippen molar-refractivity contribution in [2.24, 2.45) is 5.73 Å². The van der Waals surface area contributed by atoms with Crippen LogP contribution in [0, 0.1) is 0 Å². The summed E-state index contributed by atoms with van der Waals surface area (Å²) in [5.41, 5.74) is 8.09. The number of hydrogen-bond acceptors (Lipinski definition) is 4. The summed E-state index contributed by atoms with van der Waals surface area (Å²) < 4.78 is 6.44. The fourth-order valence-electron chi connectivity index (χ4n) is 2.54. The first-order chi connectivity index (χ1) is 10.6. The van der Waals surface area contributed by atoms with Crippen molar-refractivity contribution in [2.45, 2.75) is 32.4 Å². The van der Waals surface area contributed by atoms with Gasteiger partial charge < -0.3 is 20.7 Å². The summed E-state index contributed by atoms with van der Waals surface area (Å²) in [5, 5.41) is 2.95. The lowest BCUT2D eigenvalue weighted by atomic mass is 10.1. The second kappa shape index (κ2) is 8.50. The lowest BCUT2D eigenvalue weighted by Gasteiger charge is -2.31. The van der Waals surface area contributed by atoms with Gasteiger partial charge in [0.2, 0.25) is 5.91 Å². The van der Waals surface area contributed by atoms with Gasteiger partial charge in [0.15, 0.2) is 0 Å². The van der Waals surface area contributed by atoms with Gasteiger partial charge in [0.05, 0.1) is 19.3 Å².